The molecule has 1 heterocycles. The summed E-state index contributed by atoms with van der Waals surface area (Å²) in [5.74, 6) is 0.332. The van der Waals surface area contributed by atoms with Gasteiger partial charge in [0.2, 0.25) is 0 Å². The molecule has 0 bridgehead atoms. The van der Waals surface area contributed by atoms with Gasteiger partial charge in [-0.25, -0.2) is 0 Å². The molecule has 3 rings (SSSR count). The van der Waals surface area contributed by atoms with Gasteiger partial charge in [-0.1, -0.05) is 30.9 Å². The fourth-order valence-corrected chi connectivity index (χ4v) is 3.28. The molecule has 0 saturated carbocycles. The molecule has 31 heavy (non-hydrogen) atoms. The summed E-state index contributed by atoms with van der Waals surface area (Å²) in [7, 11) is 0. The van der Waals surface area contributed by atoms with Crippen LogP contribution in [0.25, 0.3) is 10.9 Å². The Labute approximate surface area is 179 Å². The van der Waals surface area contributed by atoms with E-state index in [-0.39, 0.29) is 12.5 Å². The maximum atomic E-state index is 13.0. The number of ether oxygens (including phenoxy) is 1. The van der Waals surface area contributed by atoms with Crippen molar-refractivity contribution in [2.75, 3.05) is 6.61 Å². The molecule has 0 aliphatic carbocycles. The zero-order chi connectivity index (χ0) is 22.8. The minimum atomic E-state index is -4.40. The maximum Gasteiger partial charge on any atom is 0.416 e. The summed E-state index contributed by atoms with van der Waals surface area (Å²) < 4.78 is 46.2. The molecule has 0 radical (unpaired) electrons. The molecular weight excluding hydrogens is 405 g/mol. The number of benzene rings is 2. The van der Waals surface area contributed by atoms with Crippen molar-refractivity contribution in [1.29, 1.82) is 0 Å². The molecule has 7 heteroatoms. The molecule has 4 nitrogen and oxygen atoms in total. The van der Waals surface area contributed by atoms with Crippen molar-refractivity contribution < 1.29 is 22.7 Å². The van der Waals surface area contributed by atoms with Crippen molar-refractivity contribution in [2.45, 2.75) is 39.0 Å². The molecule has 1 amide bonds. The average molecular weight is 430 g/mol. The van der Waals surface area contributed by atoms with Gasteiger partial charge in [-0.15, -0.1) is 0 Å². The predicted octanol–water partition coefficient (Wildman–Crippen LogP) is 5.80. The predicted molar refractivity (Wildman–Crippen MR) is 115 cm³/mol. The zero-order valence-corrected chi connectivity index (χ0v) is 17.7. The lowest BCUT2D eigenvalue weighted by Crippen LogP contribution is -2.41. The second kappa shape index (κ2) is 8.49. The first kappa shape index (κ1) is 22.5. The fraction of sp³-hybridized carbons (Fsp3) is 0.292. The second-order valence-electron chi connectivity index (χ2n) is 8.30. The standard InChI is InChI=1S/C24H25F3N2O2/c1-5-13-31-21-8-6-7-19-18(21)14-20(22(30)28-23(2,3)4)29(19)15-16-9-11-17(12-10-16)24(25,26)27/h5-12,14H,1,13,15H2,2-4H3,(H,28,30). The van der Waals surface area contributed by atoms with Gasteiger partial charge in [0.05, 0.1) is 11.1 Å². The van der Waals surface area contributed by atoms with Crippen LogP contribution in [0, 0.1) is 0 Å². The molecule has 164 valence electrons. The summed E-state index contributed by atoms with van der Waals surface area (Å²) in [5.41, 5.74) is 0.640. The Morgan fingerprint density at radius 1 is 1.13 bits per heavy atom. The SMILES string of the molecule is C=CCOc1cccc2c1cc(C(=O)NC(C)(C)C)n2Cc1ccc(C(F)(F)F)cc1. The highest BCUT2D eigenvalue weighted by Crippen LogP contribution is 2.32. The Morgan fingerprint density at radius 2 is 1.81 bits per heavy atom. The van der Waals surface area contributed by atoms with Crippen LogP contribution in [-0.4, -0.2) is 22.6 Å². The zero-order valence-electron chi connectivity index (χ0n) is 17.7. The van der Waals surface area contributed by atoms with Gasteiger partial charge in [0.1, 0.15) is 18.1 Å². The summed E-state index contributed by atoms with van der Waals surface area (Å²) in [5, 5.41) is 3.69. The quantitative estimate of drug-likeness (QED) is 0.502. The van der Waals surface area contributed by atoms with E-state index in [0.717, 1.165) is 23.0 Å². The largest absolute Gasteiger partial charge is 0.489 e. The number of carbonyl (C=O) groups excluding carboxylic acids is 1. The van der Waals surface area contributed by atoms with Crippen LogP contribution in [0.3, 0.4) is 0 Å². The van der Waals surface area contributed by atoms with E-state index in [1.807, 2.05) is 32.9 Å². The second-order valence-corrected chi connectivity index (χ2v) is 8.30. The number of nitrogens with zero attached hydrogens (tertiary/aromatic N) is 1. The summed E-state index contributed by atoms with van der Waals surface area (Å²) in [6.45, 7) is 9.84. The number of halogens is 3. The van der Waals surface area contributed by atoms with Gasteiger partial charge >= 0.3 is 6.18 Å². The molecular formula is C24H25F3N2O2. The van der Waals surface area contributed by atoms with E-state index >= 15 is 0 Å². The molecule has 3 aromatic rings. The highest BCUT2D eigenvalue weighted by Gasteiger charge is 2.30. The Morgan fingerprint density at radius 3 is 2.39 bits per heavy atom. The van der Waals surface area contributed by atoms with Crippen LogP contribution >= 0.6 is 0 Å². The first-order valence-electron chi connectivity index (χ1n) is 9.84. The monoisotopic (exact) mass is 430 g/mol. The number of rotatable bonds is 6. The van der Waals surface area contributed by atoms with Crippen LogP contribution in [0.2, 0.25) is 0 Å². The fourth-order valence-electron chi connectivity index (χ4n) is 3.28. The van der Waals surface area contributed by atoms with Crippen LogP contribution in [0.4, 0.5) is 13.2 Å². The smallest absolute Gasteiger partial charge is 0.416 e. The molecule has 0 aliphatic rings. The van der Waals surface area contributed by atoms with Crippen LogP contribution in [0.5, 0.6) is 5.75 Å². The lowest BCUT2D eigenvalue weighted by molar-refractivity contribution is -0.137. The van der Waals surface area contributed by atoms with E-state index in [0.29, 0.717) is 23.6 Å². The average Bonchev–Trinajstić information content (AvgIpc) is 3.04. The van der Waals surface area contributed by atoms with Gasteiger partial charge < -0.3 is 14.6 Å². The maximum absolute atomic E-state index is 13.0. The van der Waals surface area contributed by atoms with Crippen molar-refractivity contribution in [1.82, 2.24) is 9.88 Å². The molecule has 1 N–H and O–H groups in total. The highest BCUT2D eigenvalue weighted by molar-refractivity contribution is 6.00. The summed E-state index contributed by atoms with van der Waals surface area (Å²) in [4.78, 5) is 13.0. The number of alkyl halides is 3. The minimum absolute atomic E-state index is 0.236. The van der Waals surface area contributed by atoms with E-state index in [1.165, 1.54) is 12.1 Å². The number of hydrogen-bond acceptors (Lipinski definition) is 2. The van der Waals surface area contributed by atoms with Crippen LogP contribution in [0.15, 0.2) is 61.2 Å². The number of hydrogen-bond donors (Lipinski definition) is 1. The lowest BCUT2D eigenvalue weighted by Gasteiger charge is -2.21. The summed E-state index contributed by atoms with van der Waals surface area (Å²) in [6, 6.07) is 12.2. The van der Waals surface area contributed by atoms with Gasteiger partial charge in [-0.05, 0) is 56.7 Å². The van der Waals surface area contributed by atoms with Crippen LogP contribution in [-0.2, 0) is 12.7 Å². The lowest BCUT2D eigenvalue weighted by atomic mass is 10.1. The van der Waals surface area contributed by atoms with Gasteiger partial charge in [-0.3, -0.25) is 4.79 Å². The number of amides is 1. The molecule has 0 aliphatic heterocycles. The Bertz CT molecular complexity index is 1090. The number of nitrogens with one attached hydrogen (secondary N) is 1. The third kappa shape index (κ3) is 5.29. The normalized spacial score (nSPS) is 12.1. The van der Waals surface area contributed by atoms with Crippen molar-refractivity contribution in [3.63, 3.8) is 0 Å². The van der Waals surface area contributed by atoms with E-state index in [9.17, 15) is 18.0 Å². The van der Waals surface area contributed by atoms with Crippen molar-refractivity contribution in [3.05, 3.63) is 78.0 Å². The number of fused-ring (bicyclic) bond motifs is 1. The Balaban J connectivity index is 2.07. The topological polar surface area (TPSA) is 43.3 Å². The Hall–Kier alpha value is -3.22. The van der Waals surface area contributed by atoms with Crippen molar-refractivity contribution in [2.24, 2.45) is 0 Å². The van der Waals surface area contributed by atoms with Gasteiger partial charge in [0.15, 0.2) is 0 Å². The number of aromatic nitrogens is 1. The van der Waals surface area contributed by atoms with E-state index in [4.69, 9.17) is 4.74 Å². The third-order valence-electron chi connectivity index (χ3n) is 4.61. The number of carbonyl (C=O) groups is 1. The van der Waals surface area contributed by atoms with E-state index in [1.54, 1.807) is 22.8 Å². The molecule has 0 saturated heterocycles. The van der Waals surface area contributed by atoms with Gasteiger partial charge in [0.25, 0.3) is 5.91 Å². The first-order valence-corrected chi connectivity index (χ1v) is 9.84. The van der Waals surface area contributed by atoms with Crippen LogP contribution < -0.4 is 10.1 Å². The summed E-state index contributed by atoms with van der Waals surface area (Å²) >= 11 is 0. The summed E-state index contributed by atoms with van der Waals surface area (Å²) in [6.07, 6.45) is -2.76. The van der Waals surface area contributed by atoms with E-state index in [2.05, 4.69) is 11.9 Å². The molecule has 0 unspecified atom stereocenters. The molecule has 2 aromatic carbocycles. The molecule has 0 spiro atoms. The minimum Gasteiger partial charge on any atom is -0.489 e. The van der Waals surface area contributed by atoms with Gasteiger partial charge in [-0.2, -0.15) is 13.2 Å². The van der Waals surface area contributed by atoms with Crippen molar-refractivity contribution >= 4 is 16.8 Å². The molecule has 1 aromatic heterocycles. The van der Waals surface area contributed by atoms with Crippen molar-refractivity contribution in [3.8, 4) is 5.75 Å². The van der Waals surface area contributed by atoms with Gasteiger partial charge in [0, 0.05) is 17.5 Å². The molecule has 0 atom stereocenters. The third-order valence-corrected chi connectivity index (χ3v) is 4.61. The van der Waals surface area contributed by atoms with E-state index < -0.39 is 17.3 Å². The first-order chi connectivity index (χ1) is 14.5. The molecule has 0 fully saturated rings. The Kier molecular flexibility index (Phi) is 6.15. The van der Waals surface area contributed by atoms with Crippen LogP contribution in [0.1, 0.15) is 42.4 Å². The highest BCUT2D eigenvalue weighted by atomic mass is 19.4.